The number of nitrogens with zero attached hydrogens (tertiary/aromatic N) is 2. The van der Waals surface area contributed by atoms with E-state index in [4.69, 9.17) is 10.3 Å². The van der Waals surface area contributed by atoms with Gasteiger partial charge in [-0.05, 0) is 25.8 Å². The Bertz CT molecular complexity index is 573. The van der Waals surface area contributed by atoms with Gasteiger partial charge in [0.2, 0.25) is 0 Å². The number of thiophene rings is 1. The zero-order valence-corrected chi connectivity index (χ0v) is 13.2. The number of hydrogen-bond acceptors (Lipinski definition) is 6. The molecule has 6 heteroatoms. The first kappa shape index (κ1) is 13.9. The van der Waals surface area contributed by atoms with Crippen LogP contribution >= 0.6 is 23.1 Å². The normalized spacial score (nSPS) is 16.6. The highest BCUT2D eigenvalue weighted by Crippen LogP contribution is 2.33. The van der Waals surface area contributed by atoms with Crippen molar-refractivity contribution in [1.82, 2.24) is 10.1 Å². The van der Waals surface area contributed by atoms with Crippen LogP contribution in [0.4, 0.5) is 5.00 Å². The van der Waals surface area contributed by atoms with Crippen LogP contribution in [0.1, 0.15) is 42.8 Å². The van der Waals surface area contributed by atoms with Crippen molar-refractivity contribution >= 4 is 28.1 Å². The highest BCUT2D eigenvalue weighted by Gasteiger charge is 2.17. The van der Waals surface area contributed by atoms with Crippen LogP contribution in [-0.2, 0) is 5.75 Å². The number of nitrogens with two attached hydrogens (primary N) is 1. The Morgan fingerprint density at radius 3 is 2.90 bits per heavy atom. The van der Waals surface area contributed by atoms with Crippen molar-refractivity contribution in [3.05, 3.63) is 16.8 Å². The third-order valence-corrected chi connectivity index (χ3v) is 5.83. The molecular weight excluding hydrogens is 290 g/mol. The second-order valence-corrected chi connectivity index (χ2v) is 7.80. The van der Waals surface area contributed by atoms with Gasteiger partial charge in [-0.25, -0.2) is 0 Å². The molecular formula is C14H19N3OS2. The lowest BCUT2D eigenvalue weighted by Crippen LogP contribution is -2.08. The maximum Gasteiger partial charge on any atom is 0.260 e. The fourth-order valence-corrected chi connectivity index (χ4v) is 4.49. The summed E-state index contributed by atoms with van der Waals surface area (Å²) >= 11 is 3.51. The van der Waals surface area contributed by atoms with Crippen molar-refractivity contribution in [3.63, 3.8) is 0 Å². The van der Waals surface area contributed by atoms with Gasteiger partial charge in [0.1, 0.15) is 0 Å². The van der Waals surface area contributed by atoms with E-state index in [1.807, 2.05) is 24.8 Å². The minimum absolute atomic E-state index is 0.547. The van der Waals surface area contributed by atoms with Crippen LogP contribution in [0.15, 0.2) is 10.6 Å². The molecule has 0 atom stereocenters. The van der Waals surface area contributed by atoms with Crippen molar-refractivity contribution in [2.75, 3.05) is 5.73 Å². The Labute approximate surface area is 127 Å². The SMILES string of the molecule is Cc1cc(-c2nc(CSC3CCCCC3)no2)c(N)s1. The Balaban J connectivity index is 1.63. The second kappa shape index (κ2) is 6.18. The molecule has 0 spiro atoms. The number of anilines is 1. The Hall–Kier alpha value is -1.01. The number of thioether (sulfide) groups is 1. The van der Waals surface area contributed by atoms with Gasteiger partial charge in [-0.3, -0.25) is 0 Å². The molecule has 1 saturated carbocycles. The molecule has 0 aromatic carbocycles. The smallest absolute Gasteiger partial charge is 0.260 e. The number of aryl methyl sites for hydroxylation is 1. The Morgan fingerprint density at radius 1 is 1.40 bits per heavy atom. The van der Waals surface area contributed by atoms with Crippen LogP contribution in [0, 0.1) is 6.92 Å². The quantitative estimate of drug-likeness (QED) is 0.914. The molecule has 2 heterocycles. The second-order valence-electron chi connectivity index (χ2n) is 5.22. The summed E-state index contributed by atoms with van der Waals surface area (Å²) in [6, 6.07) is 2.01. The summed E-state index contributed by atoms with van der Waals surface area (Å²) in [6.45, 7) is 2.03. The van der Waals surface area contributed by atoms with E-state index in [0.717, 1.165) is 32.3 Å². The van der Waals surface area contributed by atoms with Gasteiger partial charge in [-0.15, -0.1) is 11.3 Å². The summed E-state index contributed by atoms with van der Waals surface area (Å²) in [5.74, 6) is 2.15. The highest BCUT2D eigenvalue weighted by atomic mass is 32.2. The molecule has 0 aliphatic heterocycles. The van der Waals surface area contributed by atoms with Crippen molar-refractivity contribution < 1.29 is 4.52 Å². The summed E-state index contributed by atoms with van der Waals surface area (Å²) in [7, 11) is 0. The number of hydrogen-bond donors (Lipinski definition) is 1. The van der Waals surface area contributed by atoms with Gasteiger partial charge in [0.25, 0.3) is 5.89 Å². The van der Waals surface area contributed by atoms with Gasteiger partial charge in [0.15, 0.2) is 5.82 Å². The van der Waals surface area contributed by atoms with Crippen molar-refractivity contribution in [3.8, 4) is 11.5 Å². The topological polar surface area (TPSA) is 64.9 Å². The van der Waals surface area contributed by atoms with E-state index in [2.05, 4.69) is 10.1 Å². The summed E-state index contributed by atoms with van der Waals surface area (Å²) < 4.78 is 5.34. The van der Waals surface area contributed by atoms with Gasteiger partial charge < -0.3 is 10.3 Å². The molecule has 2 N–H and O–H groups in total. The zero-order chi connectivity index (χ0) is 13.9. The van der Waals surface area contributed by atoms with Crippen molar-refractivity contribution in [2.24, 2.45) is 0 Å². The summed E-state index contributed by atoms with van der Waals surface area (Å²) in [6.07, 6.45) is 6.76. The van der Waals surface area contributed by atoms with Crippen molar-refractivity contribution in [2.45, 2.75) is 50.0 Å². The lowest BCUT2D eigenvalue weighted by Gasteiger charge is -2.19. The standard InChI is InChI=1S/C14H19N3OS2/c1-9-7-11(13(15)20-9)14-16-12(17-18-14)8-19-10-5-3-2-4-6-10/h7,10H,2-6,8,15H2,1H3. The fourth-order valence-electron chi connectivity index (χ4n) is 2.55. The van der Waals surface area contributed by atoms with Gasteiger partial charge in [0, 0.05) is 10.1 Å². The average Bonchev–Trinajstić information content (AvgIpc) is 3.04. The first-order chi connectivity index (χ1) is 9.72. The van der Waals surface area contributed by atoms with Gasteiger partial charge in [-0.1, -0.05) is 24.4 Å². The predicted molar refractivity (Wildman–Crippen MR) is 84.9 cm³/mol. The molecule has 20 heavy (non-hydrogen) atoms. The molecule has 108 valence electrons. The minimum Gasteiger partial charge on any atom is -0.390 e. The third kappa shape index (κ3) is 3.17. The summed E-state index contributed by atoms with van der Waals surface area (Å²) in [5.41, 5.74) is 6.83. The monoisotopic (exact) mass is 309 g/mol. The number of aromatic nitrogens is 2. The lowest BCUT2D eigenvalue weighted by atomic mass is 10.0. The first-order valence-corrected chi connectivity index (χ1v) is 8.89. The first-order valence-electron chi connectivity index (χ1n) is 7.03. The molecule has 0 radical (unpaired) electrons. The van der Waals surface area contributed by atoms with Crippen LogP contribution in [-0.4, -0.2) is 15.4 Å². The molecule has 1 aliphatic rings. The number of rotatable bonds is 4. The van der Waals surface area contributed by atoms with E-state index < -0.39 is 0 Å². The molecule has 0 saturated heterocycles. The van der Waals surface area contributed by atoms with Crippen LogP contribution in [0.2, 0.25) is 0 Å². The summed E-state index contributed by atoms with van der Waals surface area (Å²) in [5, 5.41) is 5.58. The average molecular weight is 309 g/mol. The van der Waals surface area contributed by atoms with Crippen LogP contribution < -0.4 is 5.73 Å². The molecule has 2 aromatic heterocycles. The van der Waals surface area contributed by atoms with E-state index in [-0.39, 0.29) is 0 Å². The van der Waals surface area contributed by atoms with Crippen LogP contribution in [0.3, 0.4) is 0 Å². The van der Waals surface area contributed by atoms with Gasteiger partial charge in [0.05, 0.1) is 16.3 Å². The fraction of sp³-hybridized carbons (Fsp3) is 0.571. The van der Waals surface area contributed by atoms with E-state index in [1.54, 1.807) is 11.3 Å². The van der Waals surface area contributed by atoms with Gasteiger partial charge >= 0.3 is 0 Å². The minimum atomic E-state index is 0.547. The molecule has 3 rings (SSSR count). The molecule has 2 aromatic rings. The molecule has 0 bridgehead atoms. The largest absolute Gasteiger partial charge is 0.390 e. The van der Waals surface area contributed by atoms with Crippen molar-refractivity contribution in [1.29, 1.82) is 0 Å². The zero-order valence-electron chi connectivity index (χ0n) is 11.6. The Morgan fingerprint density at radius 2 is 2.20 bits per heavy atom. The molecule has 0 unspecified atom stereocenters. The van der Waals surface area contributed by atoms with E-state index in [0.29, 0.717) is 5.89 Å². The number of nitrogen functional groups attached to an aromatic ring is 1. The Kier molecular flexibility index (Phi) is 4.31. The summed E-state index contributed by atoms with van der Waals surface area (Å²) in [4.78, 5) is 5.63. The molecule has 0 amide bonds. The van der Waals surface area contributed by atoms with Crippen LogP contribution in [0.5, 0.6) is 0 Å². The van der Waals surface area contributed by atoms with E-state index in [9.17, 15) is 0 Å². The lowest BCUT2D eigenvalue weighted by molar-refractivity contribution is 0.425. The van der Waals surface area contributed by atoms with E-state index in [1.165, 1.54) is 32.1 Å². The molecule has 4 nitrogen and oxygen atoms in total. The predicted octanol–water partition coefficient (Wildman–Crippen LogP) is 4.25. The van der Waals surface area contributed by atoms with Crippen LogP contribution in [0.25, 0.3) is 11.5 Å². The molecule has 1 aliphatic carbocycles. The maximum atomic E-state index is 5.96. The highest BCUT2D eigenvalue weighted by molar-refractivity contribution is 7.99. The van der Waals surface area contributed by atoms with E-state index >= 15 is 0 Å². The molecule has 1 fully saturated rings. The van der Waals surface area contributed by atoms with Gasteiger partial charge in [-0.2, -0.15) is 16.7 Å². The third-order valence-electron chi connectivity index (χ3n) is 3.58. The maximum absolute atomic E-state index is 5.96.